The maximum absolute atomic E-state index is 13.3. The van der Waals surface area contributed by atoms with Gasteiger partial charge >= 0.3 is 6.09 Å². The van der Waals surface area contributed by atoms with Gasteiger partial charge in [0.15, 0.2) is 0 Å². The number of carbonyl (C=O) groups excluding carboxylic acids is 1. The van der Waals surface area contributed by atoms with E-state index in [1.165, 1.54) is 18.2 Å². The van der Waals surface area contributed by atoms with Crippen molar-refractivity contribution in [3.8, 4) is 5.75 Å². The molecule has 0 radical (unpaired) electrons. The number of hydrogen-bond donors (Lipinski definition) is 3. The average molecular weight is 347 g/mol. The SMILES string of the molecule is NC(=O)OC1CC[C@H](NCC(O)COc2ccc(Cl)c(F)c2)C1. The molecule has 0 aliphatic heterocycles. The molecule has 1 amide bonds. The fourth-order valence-electron chi connectivity index (χ4n) is 2.52. The normalized spacial score (nSPS) is 21.9. The summed E-state index contributed by atoms with van der Waals surface area (Å²) in [6.45, 7) is 0.353. The Morgan fingerprint density at radius 2 is 2.30 bits per heavy atom. The summed E-state index contributed by atoms with van der Waals surface area (Å²) in [5.41, 5.74) is 4.98. The van der Waals surface area contributed by atoms with Crippen LogP contribution in [-0.4, -0.2) is 42.6 Å². The second kappa shape index (κ2) is 8.33. The highest BCUT2D eigenvalue weighted by Gasteiger charge is 2.27. The van der Waals surface area contributed by atoms with E-state index in [-0.39, 0.29) is 23.8 Å². The quantitative estimate of drug-likeness (QED) is 0.700. The van der Waals surface area contributed by atoms with Crippen molar-refractivity contribution in [2.45, 2.75) is 37.5 Å². The van der Waals surface area contributed by atoms with E-state index in [0.29, 0.717) is 18.7 Å². The van der Waals surface area contributed by atoms with Crippen molar-refractivity contribution in [1.82, 2.24) is 5.32 Å². The van der Waals surface area contributed by atoms with E-state index in [9.17, 15) is 14.3 Å². The highest BCUT2D eigenvalue weighted by molar-refractivity contribution is 6.30. The van der Waals surface area contributed by atoms with Crippen molar-refractivity contribution in [3.05, 3.63) is 29.0 Å². The number of rotatable bonds is 7. The number of nitrogens with two attached hydrogens (primary N) is 1. The molecule has 0 heterocycles. The molecule has 0 saturated heterocycles. The second-order valence-corrected chi connectivity index (χ2v) is 5.93. The van der Waals surface area contributed by atoms with Crippen LogP contribution in [0.25, 0.3) is 0 Å². The van der Waals surface area contributed by atoms with Crippen LogP contribution in [0.15, 0.2) is 18.2 Å². The van der Waals surface area contributed by atoms with Gasteiger partial charge in [0.2, 0.25) is 0 Å². The number of hydrogen-bond acceptors (Lipinski definition) is 5. The van der Waals surface area contributed by atoms with E-state index in [0.717, 1.165) is 12.8 Å². The van der Waals surface area contributed by atoms with Crippen LogP contribution < -0.4 is 15.8 Å². The summed E-state index contributed by atoms with van der Waals surface area (Å²) in [5, 5.41) is 13.1. The van der Waals surface area contributed by atoms with Crippen LogP contribution in [0.5, 0.6) is 5.75 Å². The van der Waals surface area contributed by atoms with Gasteiger partial charge in [-0.05, 0) is 31.4 Å². The van der Waals surface area contributed by atoms with Crippen molar-refractivity contribution in [3.63, 3.8) is 0 Å². The summed E-state index contributed by atoms with van der Waals surface area (Å²) >= 11 is 5.58. The van der Waals surface area contributed by atoms with Crippen LogP contribution >= 0.6 is 11.6 Å². The van der Waals surface area contributed by atoms with E-state index in [1.54, 1.807) is 0 Å². The van der Waals surface area contributed by atoms with Gasteiger partial charge in [-0.3, -0.25) is 0 Å². The first kappa shape index (κ1) is 17.8. The standard InChI is InChI=1S/C15H20ClFN2O4/c16-13-4-3-11(6-14(13)17)22-8-10(20)7-19-9-1-2-12(5-9)23-15(18)21/h3-4,6,9-10,12,19-20H,1-2,5,7-8H2,(H2,18,21)/t9-,10?,12?/m0/s1. The molecule has 2 rings (SSSR count). The maximum atomic E-state index is 13.3. The number of ether oxygens (including phenoxy) is 2. The van der Waals surface area contributed by atoms with Crippen LogP contribution in [0.1, 0.15) is 19.3 Å². The van der Waals surface area contributed by atoms with Crippen molar-refractivity contribution in [2.24, 2.45) is 5.73 Å². The number of halogens is 2. The minimum absolute atomic E-state index is 0.0218. The maximum Gasteiger partial charge on any atom is 0.404 e. The Bertz CT molecular complexity index is 546. The third-order valence-electron chi connectivity index (χ3n) is 3.64. The smallest absolute Gasteiger partial charge is 0.404 e. The van der Waals surface area contributed by atoms with Crippen molar-refractivity contribution in [1.29, 1.82) is 0 Å². The number of amides is 1. The van der Waals surface area contributed by atoms with Gasteiger partial charge < -0.3 is 25.6 Å². The number of aliphatic hydroxyl groups is 1. The zero-order valence-corrected chi connectivity index (χ0v) is 13.3. The third kappa shape index (κ3) is 5.85. The van der Waals surface area contributed by atoms with Gasteiger partial charge in [0, 0.05) is 18.7 Å². The van der Waals surface area contributed by atoms with Crippen LogP contribution in [0, 0.1) is 5.82 Å². The van der Waals surface area contributed by atoms with Gasteiger partial charge in [-0.1, -0.05) is 11.6 Å². The topological polar surface area (TPSA) is 93.8 Å². The lowest BCUT2D eigenvalue weighted by Gasteiger charge is -2.17. The van der Waals surface area contributed by atoms with E-state index in [1.807, 2.05) is 0 Å². The largest absolute Gasteiger partial charge is 0.491 e. The van der Waals surface area contributed by atoms with Crippen LogP contribution in [0.4, 0.5) is 9.18 Å². The van der Waals surface area contributed by atoms with Gasteiger partial charge in [0.05, 0.1) is 5.02 Å². The highest BCUT2D eigenvalue weighted by Crippen LogP contribution is 2.22. The Morgan fingerprint density at radius 3 is 3.00 bits per heavy atom. The molecular weight excluding hydrogens is 327 g/mol. The number of aliphatic hydroxyl groups excluding tert-OH is 1. The first-order valence-corrected chi connectivity index (χ1v) is 7.77. The Labute approximate surface area is 138 Å². The molecular formula is C15H20ClFN2O4. The molecule has 0 aromatic heterocycles. The van der Waals surface area contributed by atoms with E-state index in [2.05, 4.69) is 5.32 Å². The summed E-state index contributed by atoms with van der Waals surface area (Å²) in [6.07, 6.45) is 0.573. The molecule has 128 valence electrons. The highest BCUT2D eigenvalue weighted by atomic mass is 35.5. The number of carbonyl (C=O) groups is 1. The lowest BCUT2D eigenvalue weighted by atomic mass is 10.2. The zero-order chi connectivity index (χ0) is 16.8. The van der Waals surface area contributed by atoms with Crippen LogP contribution in [0.2, 0.25) is 5.02 Å². The Hall–Kier alpha value is -1.57. The molecule has 1 aliphatic rings. The van der Waals surface area contributed by atoms with E-state index in [4.69, 9.17) is 26.8 Å². The van der Waals surface area contributed by atoms with E-state index >= 15 is 0 Å². The number of nitrogens with one attached hydrogen (secondary N) is 1. The molecule has 3 atom stereocenters. The molecule has 1 aromatic rings. The Balaban J connectivity index is 1.66. The van der Waals surface area contributed by atoms with Crippen molar-refractivity contribution >= 4 is 17.7 Å². The van der Waals surface area contributed by atoms with E-state index < -0.39 is 18.0 Å². The summed E-state index contributed by atoms with van der Waals surface area (Å²) in [5.74, 6) is -0.259. The van der Waals surface area contributed by atoms with Crippen molar-refractivity contribution in [2.75, 3.05) is 13.2 Å². The van der Waals surface area contributed by atoms with Crippen LogP contribution in [-0.2, 0) is 4.74 Å². The van der Waals surface area contributed by atoms with Gasteiger partial charge in [0.1, 0.15) is 30.4 Å². The summed E-state index contributed by atoms with van der Waals surface area (Å²) in [4.78, 5) is 10.7. The Kier molecular flexibility index (Phi) is 6.44. The summed E-state index contributed by atoms with van der Waals surface area (Å²) in [7, 11) is 0. The first-order chi connectivity index (χ1) is 10.9. The van der Waals surface area contributed by atoms with Gasteiger partial charge in [-0.2, -0.15) is 0 Å². The molecule has 0 spiro atoms. The van der Waals surface area contributed by atoms with Gasteiger partial charge in [-0.15, -0.1) is 0 Å². The molecule has 8 heteroatoms. The summed E-state index contributed by atoms with van der Waals surface area (Å²) in [6, 6.07) is 4.26. The molecule has 0 bridgehead atoms. The minimum Gasteiger partial charge on any atom is -0.491 e. The monoisotopic (exact) mass is 346 g/mol. The van der Waals surface area contributed by atoms with Gasteiger partial charge in [0.25, 0.3) is 0 Å². The summed E-state index contributed by atoms with van der Waals surface area (Å²) < 4.78 is 23.5. The first-order valence-electron chi connectivity index (χ1n) is 7.39. The third-order valence-corrected chi connectivity index (χ3v) is 3.95. The molecule has 2 unspecified atom stereocenters. The molecule has 1 saturated carbocycles. The zero-order valence-electron chi connectivity index (χ0n) is 12.5. The second-order valence-electron chi connectivity index (χ2n) is 5.52. The molecule has 1 fully saturated rings. The molecule has 6 nitrogen and oxygen atoms in total. The Morgan fingerprint density at radius 1 is 1.52 bits per heavy atom. The van der Waals surface area contributed by atoms with Crippen LogP contribution in [0.3, 0.4) is 0 Å². The molecule has 1 aliphatic carbocycles. The molecule has 1 aromatic carbocycles. The molecule has 23 heavy (non-hydrogen) atoms. The fraction of sp³-hybridized carbons (Fsp3) is 0.533. The minimum atomic E-state index is -0.765. The number of primary amides is 1. The lowest BCUT2D eigenvalue weighted by Crippen LogP contribution is -2.37. The lowest BCUT2D eigenvalue weighted by molar-refractivity contribution is 0.0985. The van der Waals surface area contributed by atoms with Crippen molar-refractivity contribution < 1.29 is 23.8 Å². The fourth-order valence-corrected chi connectivity index (χ4v) is 2.64. The number of benzene rings is 1. The average Bonchev–Trinajstić information content (AvgIpc) is 2.93. The van der Waals surface area contributed by atoms with Gasteiger partial charge in [-0.25, -0.2) is 9.18 Å². The predicted octanol–water partition coefficient (Wildman–Crippen LogP) is 1.82. The predicted molar refractivity (Wildman–Crippen MR) is 83.0 cm³/mol. The molecule has 4 N–H and O–H groups in total.